The molecule has 2 amide bonds. The number of hydrogen-bond acceptors (Lipinski definition) is 5. The summed E-state index contributed by atoms with van der Waals surface area (Å²) in [6.45, 7) is 2.05. The quantitative estimate of drug-likeness (QED) is 0.810. The first kappa shape index (κ1) is 20.2. The summed E-state index contributed by atoms with van der Waals surface area (Å²) in [7, 11) is 6.53. The molecule has 2 rings (SSSR count). The summed E-state index contributed by atoms with van der Waals surface area (Å²) < 4.78 is 17.7. The largest absolute Gasteiger partial charge is 0.497 e. The van der Waals surface area contributed by atoms with Gasteiger partial charge in [-0.15, -0.1) is 0 Å². The van der Waals surface area contributed by atoms with Crippen LogP contribution in [-0.2, 0) is 29.7 Å². The summed E-state index contributed by atoms with van der Waals surface area (Å²) in [6, 6.07) is 7.59. The Balaban J connectivity index is 2.48. The second kappa shape index (κ2) is 8.98. The second-order valence-electron chi connectivity index (χ2n) is 5.83. The van der Waals surface area contributed by atoms with E-state index in [9.17, 15) is 9.59 Å². The highest BCUT2D eigenvalue weighted by Gasteiger charge is 2.22. The zero-order chi connectivity index (χ0) is 20.0. The lowest BCUT2D eigenvalue weighted by molar-refractivity contribution is 0.134. The number of carbonyl (C=O) groups excluding carboxylic acids is 2. The first-order valence-corrected chi connectivity index (χ1v) is 8.43. The minimum atomic E-state index is -0.532. The smallest absolute Gasteiger partial charge is 0.407 e. The van der Waals surface area contributed by atoms with Gasteiger partial charge in [0.1, 0.15) is 19.0 Å². The Morgan fingerprint density at radius 2 is 1.48 bits per heavy atom. The lowest BCUT2D eigenvalue weighted by atomic mass is 10.0. The summed E-state index contributed by atoms with van der Waals surface area (Å²) in [5.41, 5.74) is 4.32. The Kier molecular flexibility index (Phi) is 6.70. The predicted molar refractivity (Wildman–Crippen MR) is 101 cm³/mol. The van der Waals surface area contributed by atoms with Crippen molar-refractivity contribution in [2.24, 2.45) is 7.05 Å². The molecule has 8 nitrogen and oxygen atoms in total. The van der Waals surface area contributed by atoms with Crippen LogP contribution in [0.2, 0.25) is 0 Å². The van der Waals surface area contributed by atoms with Crippen LogP contribution in [0.15, 0.2) is 24.3 Å². The van der Waals surface area contributed by atoms with Crippen LogP contribution in [0.1, 0.15) is 16.8 Å². The molecule has 2 N–H and O–H groups in total. The molecule has 0 saturated heterocycles. The van der Waals surface area contributed by atoms with Crippen LogP contribution in [-0.4, -0.2) is 38.0 Å². The highest BCUT2D eigenvalue weighted by molar-refractivity contribution is 5.71. The standard InChI is InChI=1S/C19H25N3O5/c1-12-15(10-26-18(23)20-2)16(11-27-19(24)21-3)17(22(12)4)13-6-8-14(25-5)9-7-13/h6-9H,10-11H2,1-5H3,(H,20,23)(H,21,24). The van der Waals surface area contributed by atoms with Gasteiger partial charge in [-0.2, -0.15) is 0 Å². The summed E-state index contributed by atoms with van der Waals surface area (Å²) in [5.74, 6) is 0.746. The van der Waals surface area contributed by atoms with Gasteiger partial charge in [0.25, 0.3) is 0 Å². The van der Waals surface area contributed by atoms with Crippen molar-refractivity contribution in [3.63, 3.8) is 0 Å². The summed E-state index contributed by atoms with van der Waals surface area (Å²) in [4.78, 5) is 23.1. The van der Waals surface area contributed by atoms with Gasteiger partial charge in [-0.25, -0.2) is 9.59 Å². The zero-order valence-corrected chi connectivity index (χ0v) is 16.2. The average Bonchev–Trinajstić information content (AvgIpc) is 2.94. The van der Waals surface area contributed by atoms with Crippen molar-refractivity contribution in [1.29, 1.82) is 0 Å². The van der Waals surface area contributed by atoms with Crippen LogP contribution in [0.5, 0.6) is 5.75 Å². The Morgan fingerprint density at radius 3 is 1.96 bits per heavy atom. The van der Waals surface area contributed by atoms with E-state index in [1.165, 1.54) is 14.1 Å². The first-order chi connectivity index (χ1) is 12.9. The van der Waals surface area contributed by atoms with Gasteiger partial charge in [0.05, 0.1) is 12.8 Å². The number of methoxy groups -OCH3 is 1. The van der Waals surface area contributed by atoms with Gasteiger partial charge in [0.15, 0.2) is 0 Å². The summed E-state index contributed by atoms with van der Waals surface area (Å²) in [5, 5.41) is 4.85. The number of rotatable bonds is 6. The first-order valence-electron chi connectivity index (χ1n) is 8.43. The van der Waals surface area contributed by atoms with Crippen molar-refractivity contribution in [3.05, 3.63) is 41.1 Å². The fraction of sp³-hybridized carbons (Fsp3) is 0.368. The van der Waals surface area contributed by atoms with E-state index < -0.39 is 12.2 Å². The third-order valence-electron chi connectivity index (χ3n) is 4.39. The van der Waals surface area contributed by atoms with E-state index in [0.29, 0.717) is 0 Å². The van der Waals surface area contributed by atoms with E-state index in [2.05, 4.69) is 10.6 Å². The molecular weight excluding hydrogens is 350 g/mol. The van der Waals surface area contributed by atoms with Crippen LogP contribution in [0, 0.1) is 6.92 Å². The maximum absolute atomic E-state index is 11.6. The SMILES string of the molecule is CNC(=O)OCc1c(COC(=O)NC)c(-c2ccc(OC)cc2)n(C)c1C. The Bertz CT molecular complexity index is 812. The normalized spacial score (nSPS) is 10.3. The van der Waals surface area contributed by atoms with E-state index in [4.69, 9.17) is 14.2 Å². The molecule has 27 heavy (non-hydrogen) atoms. The number of aromatic nitrogens is 1. The Labute approximate surface area is 158 Å². The highest BCUT2D eigenvalue weighted by Crippen LogP contribution is 2.33. The highest BCUT2D eigenvalue weighted by atomic mass is 16.6. The van der Waals surface area contributed by atoms with Crippen LogP contribution < -0.4 is 15.4 Å². The molecule has 0 aliphatic carbocycles. The van der Waals surface area contributed by atoms with E-state index >= 15 is 0 Å². The molecule has 0 aliphatic heterocycles. The number of amides is 2. The van der Waals surface area contributed by atoms with Crippen molar-refractivity contribution < 1.29 is 23.8 Å². The molecule has 0 spiro atoms. The minimum absolute atomic E-state index is 0.0507. The number of benzene rings is 1. The number of carbonyl (C=O) groups is 2. The summed E-state index contributed by atoms with van der Waals surface area (Å²) in [6.07, 6.45) is -1.06. The molecule has 0 unspecified atom stereocenters. The Morgan fingerprint density at radius 1 is 0.963 bits per heavy atom. The average molecular weight is 375 g/mol. The lowest BCUT2D eigenvalue weighted by Gasteiger charge is -2.11. The lowest BCUT2D eigenvalue weighted by Crippen LogP contribution is -2.20. The number of alkyl carbamates (subject to hydrolysis) is 2. The number of ether oxygens (including phenoxy) is 3. The second-order valence-corrected chi connectivity index (χ2v) is 5.83. The van der Waals surface area contributed by atoms with Gasteiger partial charge in [-0.05, 0) is 36.8 Å². The number of nitrogens with zero attached hydrogens (tertiary/aromatic N) is 1. The monoisotopic (exact) mass is 375 g/mol. The maximum atomic E-state index is 11.6. The molecule has 8 heteroatoms. The van der Waals surface area contributed by atoms with Gasteiger partial charge in [0, 0.05) is 38.0 Å². The van der Waals surface area contributed by atoms with Crippen molar-refractivity contribution in [2.45, 2.75) is 20.1 Å². The molecule has 0 fully saturated rings. The molecule has 0 aliphatic rings. The molecule has 0 saturated carbocycles. The van der Waals surface area contributed by atoms with Crippen molar-refractivity contribution in [1.82, 2.24) is 15.2 Å². The molecule has 2 aromatic rings. The van der Waals surface area contributed by atoms with Crippen LogP contribution >= 0.6 is 0 Å². The van der Waals surface area contributed by atoms with Crippen LogP contribution in [0.25, 0.3) is 11.3 Å². The van der Waals surface area contributed by atoms with Crippen LogP contribution in [0.3, 0.4) is 0 Å². The van der Waals surface area contributed by atoms with Gasteiger partial charge < -0.3 is 29.4 Å². The van der Waals surface area contributed by atoms with E-state index in [-0.39, 0.29) is 13.2 Å². The van der Waals surface area contributed by atoms with Crippen molar-refractivity contribution in [2.75, 3.05) is 21.2 Å². The van der Waals surface area contributed by atoms with Crippen LogP contribution in [0.4, 0.5) is 9.59 Å². The fourth-order valence-corrected chi connectivity index (χ4v) is 2.82. The molecular formula is C19H25N3O5. The zero-order valence-electron chi connectivity index (χ0n) is 16.2. The van der Waals surface area contributed by atoms with E-state index in [0.717, 1.165) is 33.8 Å². The number of hydrogen-bond donors (Lipinski definition) is 2. The third kappa shape index (κ3) is 4.52. The van der Waals surface area contributed by atoms with Gasteiger partial charge in [0.2, 0.25) is 0 Å². The van der Waals surface area contributed by atoms with Crippen molar-refractivity contribution >= 4 is 12.2 Å². The maximum Gasteiger partial charge on any atom is 0.407 e. The molecule has 1 heterocycles. The van der Waals surface area contributed by atoms with E-state index in [1.54, 1.807) is 7.11 Å². The number of nitrogens with one attached hydrogen (secondary N) is 2. The molecule has 0 bridgehead atoms. The van der Waals surface area contributed by atoms with Gasteiger partial charge >= 0.3 is 12.2 Å². The fourth-order valence-electron chi connectivity index (χ4n) is 2.82. The minimum Gasteiger partial charge on any atom is -0.497 e. The summed E-state index contributed by atoms with van der Waals surface area (Å²) >= 11 is 0. The topological polar surface area (TPSA) is 90.8 Å². The van der Waals surface area contributed by atoms with Gasteiger partial charge in [-0.3, -0.25) is 0 Å². The predicted octanol–water partition coefficient (Wildman–Crippen LogP) is 2.72. The third-order valence-corrected chi connectivity index (χ3v) is 4.39. The Hall–Kier alpha value is -3.16. The molecule has 146 valence electrons. The molecule has 1 aromatic heterocycles. The molecule has 0 atom stereocenters. The van der Waals surface area contributed by atoms with Gasteiger partial charge in [-0.1, -0.05) is 0 Å². The van der Waals surface area contributed by atoms with Crippen molar-refractivity contribution in [3.8, 4) is 17.0 Å². The molecule has 0 radical (unpaired) electrons. The van der Waals surface area contributed by atoms with E-state index in [1.807, 2.05) is 42.8 Å². The molecule has 1 aromatic carbocycles.